The van der Waals surface area contributed by atoms with Gasteiger partial charge in [-0.15, -0.1) is 0 Å². The molecule has 0 saturated heterocycles. The number of carboxylic acids is 1. The van der Waals surface area contributed by atoms with Gasteiger partial charge in [-0.05, 0) is 52.7 Å². The second-order valence-corrected chi connectivity index (χ2v) is 5.26. The van der Waals surface area contributed by atoms with E-state index in [9.17, 15) is 14.9 Å². The number of nitro benzene ring substituents is 1. The molecule has 0 unspecified atom stereocenters. The van der Waals surface area contributed by atoms with Crippen LogP contribution in [0.25, 0.3) is 0 Å². The Balaban J connectivity index is 2.41. The highest BCUT2D eigenvalue weighted by Crippen LogP contribution is 2.29. The summed E-state index contributed by atoms with van der Waals surface area (Å²) in [4.78, 5) is 21.2. The fourth-order valence-corrected chi connectivity index (χ4v) is 2.18. The molecule has 0 spiro atoms. The van der Waals surface area contributed by atoms with Gasteiger partial charge in [-0.3, -0.25) is 10.1 Å². The number of anilines is 2. The maximum Gasteiger partial charge on any atom is 0.342 e. The van der Waals surface area contributed by atoms with Crippen LogP contribution in [0.5, 0.6) is 0 Å². The lowest BCUT2D eigenvalue weighted by molar-refractivity contribution is -0.385. The van der Waals surface area contributed by atoms with Crippen molar-refractivity contribution in [2.45, 2.75) is 6.92 Å². The Morgan fingerprint density at radius 1 is 1.29 bits per heavy atom. The van der Waals surface area contributed by atoms with Gasteiger partial charge in [-0.25, -0.2) is 4.79 Å². The zero-order valence-electron chi connectivity index (χ0n) is 11.0. The Labute approximate surface area is 128 Å². The lowest BCUT2D eigenvalue weighted by Gasteiger charge is -2.10. The van der Waals surface area contributed by atoms with Crippen molar-refractivity contribution in [2.75, 3.05) is 5.32 Å². The Kier molecular flexibility index (Phi) is 4.23. The number of nitrogens with one attached hydrogen (secondary N) is 1. The number of halogens is 1. The minimum atomic E-state index is -1.34. The number of rotatable bonds is 4. The standard InChI is InChI=1S/C14H11BrN2O4/c1-8-2-4-11(15)12(6-8)16-9-3-5-13(17(20)21)10(7-9)14(18)19/h2-7,16H,1H3,(H,18,19). The number of hydrogen-bond acceptors (Lipinski definition) is 4. The van der Waals surface area contributed by atoms with Crippen LogP contribution in [0.2, 0.25) is 0 Å². The molecule has 0 heterocycles. The first-order chi connectivity index (χ1) is 9.88. The number of aromatic carboxylic acids is 1. The first-order valence-electron chi connectivity index (χ1n) is 5.93. The van der Waals surface area contributed by atoms with Gasteiger partial charge in [0.2, 0.25) is 0 Å². The predicted octanol–water partition coefficient (Wildman–Crippen LogP) is 4.11. The van der Waals surface area contributed by atoms with Crippen molar-refractivity contribution < 1.29 is 14.8 Å². The van der Waals surface area contributed by atoms with Crippen LogP contribution in [0.1, 0.15) is 15.9 Å². The third kappa shape index (κ3) is 3.38. The smallest absolute Gasteiger partial charge is 0.342 e. The van der Waals surface area contributed by atoms with Gasteiger partial charge in [0.25, 0.3) is 5.69 Å². The first-order valence-corrected chi connectivity index (χ1v) is 6.72. The minimum Gasteiger partial charge on any atom is -0.477 e. The van der Waals surface area contributed by atoms with Crippen LogP contribution in [0.4, 0.5) is 17.1 Å². The van der Waals surface area contributed by atoms with Gasteiger partial charge >= 0.3 is 5.97 Å². The summed E-state index contributed by atoms with van der Waals surface area (Å²) in [5.74, 6) is -1.34. The van der Waals surface area contributed by atoms with Crippen LogP contribution in [0.3, 0.4) is 0 Å². The molecule has 0 fully saturated rings. The summed E-state index contributed by atoms with van der Waals surface area (Å²) in [5, 5.41) is 22.9. The van der Waals surface area contributed by atoms with E-state index < -0.39 is 16.6 Å². The van der Waals surface area contributed by atoms with Crippen LogP contribution in [0, 0.1) is 17.0 Å². The van der Waals surface area contributed by atoms with Gasteiger partial charge in [0.05, 0.1) is 10.6 Å². The molecule has 0 bridgehead atoms. The fraction of sp³-hybridized carbons (Fsp3) is 0.0714. The van der Waals surface area contributed by atoms with Crippen molar-refractivity contribution >= 4 is 39.0 Å². The molecule has 108 valence electrons. The molecule has 0 atom stereocenters. The zero-order chi connectivity index (χ0) is 15.6. The molecular formula is C14H11BrN2O4. The lowest BCUT2D eigenvalue weighted by Crippen LogP contribution is -2.04. The Bertz CT molecular complexity index is 731. The van der Waals surface area contributed by atoms with Crippen molar-refractivity contribution in [3.05, 3.63) is 62.1 Å². The van der Waals surface area contributed by atoms with Gasteiger partial charge in [-0.1, -0.05) is 6.07 Å². The van der Waals surface area contributed by atoms with Crippen LogP contribution in [-0.4, -0.2) is 16.0 Å². The Morgan fingerprint density at radius 2 is 2.00 bits per heavy atom. The number of aryl methyl sites for hydroxylation is 1. The summed E-state index contributed by atoms with van der Waals surface area (Å²) in [6.07, 6.45) is 0. The number of carboxylic acid groups (broad SMARTS) is 1. The maximum absolute atomic E-state index is 11.1. The van der Waals surface area contributed by atoms with Gasteiger partial charge in [0.15, 0.2) is 0 Å². The van der Waals surface area contributed by atoms with Crippen molar-refractivity contribution in [3.8, 4) is 0 Å². The second kappa shape index (κ2) is 5.92. The molecule has 2 aromatic carbocycles. The molecule has 0 aliphatic heterocycles. The number of hydrogen-bond donors (Lipinski definition) is 2. The largest absolute Gasteiger partial charge is 0.477 e. The van der Waals surface area contributed by atoms with E-state index in [1.165, 1.54) is 18.2 Å². The molecule has 2 aromatic rings. The highest BCUT2D eigenvalue weighted by Gasteiger charge is 2.20. The van der Waals surface area contributed by atoms with Crippen LogP contribution in [0.15, 0.2) is 40.9 Å². The fourth-order valence-electron chi connectivity index (χ4n) is 1.83. The van der Waals surface area contributed by atoms with Crippen LogP contribution in [-0.2, 0) is 0 Å². The highest BCUT2D eigenvalue weighted by atomic mass is 79.9. The Morgan fingerprint density at radius 3 is 2.62 bits per heavy atom. The molecule has 0 radical (unpaired) electrons. The van der Waals surface area contributed by atoms with Crippen molar-refractivity contribution in [3.63, 3.8) is 0 Å². The van der Waals surface area contributed by atoms with E-state index in [4.69, 9.17) is 5.11 Å². The van der Waals surface area contributed by atoms with Gasteiger partial charge in [-0.2, -0.15) is 0 Å². The quantitative estimate of drug-likeness (QED) is 0.639. The third-order valence-corrected chi connectivity index (χ3v) is 3.52. The Hall–Kier alpha value is -2.41. The molecule has 0 saturated carbocycles. The number of nitrogens with zero attached hydrogens (tertiary/aromatic N) is 1. The van der Waals surface area contributed by atoms with Crippen molar-refractivity contribution in [1.29, 1.82) is 0 Å². The molecule has 2 rings (SSSR count). The maximum atomic E-state index is 11.1. The van der Waals surface area contributed by atoms with E-state index in [1.54, 1.807) is 0 Å². The van der Waals surface area contributed by atoms with Crippen LogP contribution < -0.4 is 5.32 Å². The van der Waals surface area contributed by atoms with Crippen LogP contribution >= 0.6 is 15.9 Å². The van der Waals surface area contributed by atoms with Gasteiger partial charge in [0, 0.05) is 16.2 Å². The third-order valence-electron chi connectivity index (χ3n) is 2.82. The average molecular weight is 351 g/mol. The summed E-state index contributed by atoms with van der Waals surface area (Å²) < 4.78 is 0.809. The molecule has 0 aromatic heterocycles. The van der Waals surface area contributed by atoms with E-state index in [0.717, 1.165) is 15.7 Å². The van der Waals surface area contributed by atoms with Gasteiger partial charge < -0.3 is 10.4 Å². The second-order valence-electron chi connectivity index (χ2n) is 4.40. The predicted molar refractivity (Wildman–Crippen MR) is 82.2 cm³/mol. The first kappa shape index (κ1) is 15.0. The average Bonchev–Trinajstić information content (AvgIpc) is 2.42. The molecular weight excluding hydrogens is 340 g/mol. The van der Waals surface area contributed by atoms with E-state index >= 15 is 0 Å². The normalized spacial score (nSPS) is 10.2. The van der Waals surface area contributed by atoms with E-state index in [2.05, 4.69) is 21.2 Å². The van der Waals surface area contributed by atoms with Crippen molar-refractivity contribution in [2.24, 2.45) is 0 Å². The molecule has 0 amide bonds. The molecule has 21 heavy (non-hydrogen) atoms. The molecule has 0 aliphatic rings. The summed E-state index contributed by atoms with van der Waals surface area (Å²) in [6, 6.07) is 9.56. The number of carbonyl (C=O) groups is 1. The summed E-state index contributed by atoms with van der Waals surface area (Å²) in [5.41, 5.74) is 1.45. The van der Waals surface area contributed by atoms with Gasteiger partial charge in [0.1, 0.15) is 5.56 Å². The van der Waals surface area contributed by atoms with Crippen molar-refractivity contribution in [1.82, 2.24) is 0 Å². The summed E-state index contributed by atoms with van der Waals surface area (Å²) >= 11 is 3.39. The molecule has 2 N–H and O–H groups in total. The molecule has 7 heteroatoms. The van der Waals surface area contributed by atoms with E-state index in [-0.39, 0.29) is 5.56 Å². The summed E-state index contributed by atoms with van der Waals surface area (Å²) in [7, 11) is 0. The minimum absolute atomic E-state index is 0.353. The van der Waals surface area contributed by atoms with E-state index in [0.29, 0.717) is 5.69 Å². The summed E-state index contributed by atoms with van der Waals surface area (Å²) in [6.45, 7) is 1.93. The molecule has 0 aliphatic carbocycles. The topological polar surface area (TPSA) is 92.5 Å². The number of benzene rings is 2. The lowest BCUT2D eigenvalue weighted by atomic mass is 10.1. The molecule has 6 nitrogen and oxygen atoms in total. The zero-order valence-corrected chi connectivity index (χ0v) is 12.5. The highest BCUT2D eigenvalue weighted by molar-refractivity contribution is 9.10. The monoisotopic (exact) mass is 350 g/mol. The number of nitro groups is 1. The SMILES string of the molecule is Cc1ccc(Br)c(Nc2ccc([N+](=O)[O-])c(C(=O)O)c2)c1. The van der Waals surface area contributed by atoms with E-state index in [1.807, 2.05) is 25.1 Å².